The number of rotatable bonds is 1. The van der Waals surface area contributed by atoms with Crippen molar-refractivity contribution in [1.82, 2.24) is 4.98 Å². The van der Waals surface area contributed by atoms with Gasteiger partial charge in [0.2, 0.25) is 0 Å². The van der Waals surface area contributed by atoms with E-state index in [9.17, 15) is 15.2 Å². The summed E-state index contributed by atoms with van der Waals surface area (Å²) in [6, 6.07) is 5.68. The standard InChI is InChI=1S/C9H6N2O3.ClH/c12-8-4-3-7(11(13)14)6-2-1-5-10-9(6)8;/h1-5,12H;1H. The Balaban J connectivity index is 0.00000112. The molecule has 0 radical (unpaired) electrons. The number of phenols is 1. The predicted octanol–water partition coefficient (Wildman–Crippen LogP) is 2.27. The highest BCUT2D eigenvalue weighted by atomic mass is 35.5. The zero-order valence-corrected chi connectivity index (χ0v) is 8.27. The molecule has 0 atom stereocenters. The van der Waals surface area contributed by atoms with Gasteiger partial charge in [-0.25, -0.2) is 0 Å². The Labute approximate surface area is 90.9 Å². The van der Waals surface area contributed by atoms with Gasteiger partial charge in [-0.05, 0) is 18.2 Å². The van der Waals surface area contributed by atoms with E-state index in [0.29, 0.717) is 5.39 Å². The van der Waals surface area contributed by atoms with E-state index in [1.807, 2.05) is 0 Å². The Morgan fingerprint density at radius 1 is 1.33 bits per heavy atom. The maximum absolute atomic E-state index is 10.6. The van der Waals surface area contributed by atoms with Gasteiger partial charge in [-0.2, -0.15) is 0 Å². The fourth-order valence-electron chi connectivity index (χ4n) is 1.30. The summed E-state index contributed by atoms with van der Waals surface area (Å²) in [6.07, 6.45) is 1.48. The van der Waals surface area contributed by atoms with Gasteiger partial charge in [-0.15, -0.1) is 12.4 Å². The van der Waals surface area contributed by atoms with Crippen molar-refractivity contribution >= 4 is 29.0 Å². The molecule has 0 aliphatic heterocycles. The molecule has 0 fully saturated rings. The Kier molecular flexibility index (Phi) is 3.06. The van der Waals surface area contributed by atoms with Crippen molar-refractivity contribution in [3.8, 4) is 5.75 Å². The first-order valence-electron chi connectivity index (χ1n) is 3.91. The molecule has 0 unspecified atom stereocenters. The van der Waals surface area contributed by atoms with Gasteiger partial charge in [0, 0.05) is 12.3 Å². The number of nitro benzene ring substituents is 1. The monoisotopic (exact) mass is 226 g/mol. The second-order valence-corrected chi connectivity index (χ2v) is 2.76. The molecule has 0 amide bonds. The van der Waals surface area contributed by atoms with Gasteiger partial charge in [0.25, 0.3) is 5.69 Å². The van der Waals surface area contributed by atoms with Crippen LogP contribution in [0.4, 0.5) is 5.69 Å². The Morgan fingerprint density at radius 2 is 2.07 bits per heavy atom. The van der Waals surface area contributed by atoms with Crippen molar-refractivity contribution in [1.29, 1.82) is 0 Å². The molecular weight excluding hydrogens is 220 g/mol. The molecule has 78 valence electrons. The number of nitro groups is 1. The van der Waals surface area contributed by atoms with Gasteiger partial charge in [0.05, 0.1) is 10.3 Å². The van der Waals surface area contributed by atoms with E-state index in [0.717, 1.165) is 0 Å². The number of nitrogens with zero attached hydrogens (tertiary/aromatic N) is 2. The summed E-state index contributed by atoms with van der Waals surface area (Å²) in [4.78, 5) is 14.0. The van der Waals surface area contributed by atoms with Gasteiger partial charge in [-0.1, -0.05) is 0 Å². The maximum atomic E-state index is 10.6. The normalized spacial score (nSPS) is 9.60. The molecule has 15 heavy (non-hydrogen) atoms. The molecule has 0 spiro atoms. The summed E-state index contributed by atoms with van der Waals surface area (Å²) >= 11 is 0. The fraction of sp³-hybridized carbons (Fsp3) is 0. The SMILES string of the molecule is Cl.O=[N+]([O-])c1ccc(O)c2ncccc12. The highest BCUT2D eigenvalue weighted by Crippen LogP contribution is 2.29. The minimum Gasteiger partial charge on any atom is -0.506 e. The highest BCUT2D eigenvalue weighted by molar-refractivity contribution is 5.91. The van der Waals surface area contributed by atoms with Crippen LogP contribution in [0.1, 0.15) is 0 Å². The molecule has 1 aromatic carbocycles. The topological polar surface area (TPSA) is 76.3 Å². The van der Waals surface area contributed by atoms with Crippen LogP contribution in [0.5, 0.6) is 5.75 Å². The zero-order valence-electron chi connectivity index (χ0n) is 7.45. The molecule has 6 heteroatoms. The molecular formula is C9H7ClN2O3. The number of aromatic hydroxyl groups is 1. The molecule has 1 heterocycles. The third kappa shape index (κ3) is 1.82. The van der Waals surface area contributed by atoms with E-state index in [-0.39, 0.29) is 29.4 Å². The van der Waals surface area contributed by atoms with Crippen LogP contribution in [-0.4, -0.2) is 15.0 Å². The largest absolute Gasteiger partial charge is 0.506 e. The van der Waals surface area contributed by atoms with Crippen molar-refractivity contribution in [2.24, 2.45) is 0 Å². The van der Waals surface area contributed by atoms with Crippen molar-refractivity contribution in [3.63, 3.8) is 0 Å². The summed E-state index contributed by atoms with van der Waals surface area (Å²) in [5.74, 6) is -0.0498. The van der Waals surface area contributed by atoms with E-state index in [1.54, 1.807) is 12.1 Å². The van der Waals surface area contributed by atoms with Crippen molar-refractivity contribution in [2.45, 2.75) is 0 Å². The van der Waals surface area contributed by atoms with Crippen molar-refractivity contribution in [2.75, 3.05) is 0 Å². The average molecular weight is 227 g/mol. The van der Waals surface area contributed by atoms with E-state index >= 15 is 0 Å². The fourth-order valence-corrected chi connectivity index (χ4v) is 1.30. The lowest BCUT2D eigenvalue weighted by atomic mass is 10.2. The number of hydrogen-bond acceptors (Lipinski definition) is 4. The molecule has 1 N–H and O–H groups in total. The molecule has 0 bridgehead atoms. The molecule has 5 nitrogen and oxygen atoms in total. The van der Waals surface area contributed by atoms with Crippen LogP contribution in [0.3, 0.4) is 0 Å². The third-order valence-electron chi connectivity index (χ3n) is 1.92. The molecule has 2 rings (SSSR count). The Morgan fingerprint density at radius 3 is 2.73 bits per heavy atom. The summed E-state index contributed by atoms with van der Waals surface area (Å²) in [5, 5.41) is 20.4. The summed E-state index contributed by atoms with van der Waals surface area (Å²) < 4.78 is 0. The van der Waals surface area contributed by atoms with Crippen LogP contribution in [0.25, 0.3) is 10.9 Å². The molecule has 2 aromatic rings. The van der Waals surface area contributed by atoms with Crippen molar-refractivity contribution < 1.29 is 10.0 Å². The lowest BCUT2D eigenvalue weighted by Gasteiger charge is -1.99. The molecule has 0 aliphatic rings. The van der Waals surface area contributed by atoms with Crippen LogP contribution in [0.2, 0.25) is 0 Å². The van der Waals surface area contributed by atoms with E-state index in [4.69, 9.17) is 0 Å². The third-order valence-corrected chi connectivity index (χ3v) is 1.92. The second-order valence-electron chi connectivity index (χ2n) is 2.76. The minimum absolute atomic E-state index is 0. The highest BCUT2D eigenvalue weighted by Gasteiger charge is 2.13. The molecule has 0 saturated carbocycles. The second kappa shape index (κ2) is 4.10. The van der Waals surface area contributed by atoms with Crippen LogP contribution in [-0.2, 0) is 0 Å². The number of aromatic nitrogens is 1. The van der Waals surface area contributed by atoms with Crippen molar-refractivity contribution in [3.05, 3.63) is 40.6 Å². The number of benzene rings is 1. The Hall–Kier alpha value is -1.88. The number of pyridine rings is 1. The van der Waals surface area contributed by atoms with Gasteiger partial charge in [0.15, 0.2) is 0 Å². The lowest BCUT2D eigenvalue weighted by Crippen LogP contribution is -1.90. The maximum Gasteiger partial charge on any atom is 0.279 e. The molecule has 1 aromatic heterocycles. The van der Waals surface area contributed by atoms with Gasteiger partial charge in [-0.3, -0.25) is 15.1 Å². The van der Waals surface area contributed by atoms with Gasteiger partial charge >= 0.3 is 0 Å². The number of hydrogen-bond donors (Lipinski definition) is 1. The summed E-state index contributed by atoms with van der Waals surface area (Å²) in [5.41, 5.74) is 0.201. The number of halogens is 1. The van der Waals surface area contributed by atoms with Crippen LogP contribution >= 0.6 is 12.4 Å². The van der Waals surface area contributed by atoms with Crippen LogP contribution in [0, 0.1) is 10.1 Å². The first kappa shape index (κ1) is 11.2. The van der Waals surface area contributed by atoms with E-state index in [2.05, 4.69) is 4.98 Å². The average Bonchev–Trinajstić information content (AvgIpc) is 2.18. The van der Waals surface area contributed by atoms with E-state index in [1.165, 1.54) is 18.3 Å². The molecule has 0 aliphatic carbocycles. The van der Waals surface area contributed by atoms with Crippen LogP contribution < -0.4 is 0 Å². The molecule has 0 saturated heterocycles. The van der Waals surface area contributed by atoms with E-state index < -0.39 is 4.92 Å². The Bertz CT molecular complexity index is 516. The smallest absolute Gasteiger partial charge is 0.279 e. The van der Waals surface area contributed by atoms with Crippen LogP contribution in [0.15, 0.2) is 30.5 Å². The first-order chi connectivity index (χ1) is 6.70. The lowest BCUT2D eigenvalue weighted by molar-refractivity contribution is -0.383. The predicted molar refractivity (Wildman–Crippen MR) is 57.3 cm³/mol. The quantitative estimate of drug-likeness (QED) is 0.598. The van der Waals surface area contributed by atoms with Gasteiger partial charge < -0.3 is 5.11 Å². The zero-order chi connectivity index (χ0) is 10.1. The minimum atomic E-state index is -0.497. The van der Waals surface area contributed by atoms with Gasteiger partial charge in [0.1, 0.15) is 11.3 Å². The first-order valence-corrected chi connectivity index (χ1v) is 3.91. The number of non-ortho nitro benzene ring substituents is 1. The number of fused-ring (bicyclic) bond motifs is 1. The number of phenolic OH excluding ortho intramolecular Hbond substituents is 1. The summed E-state index contributed by atoms with van der Waals surface area (Å²) in [6.45, 7) is 0. The summed E-state index contributed by atoms with van der Waals surface area (Å²) in [7, 11) is 0.